The maximum absolute atomic E-state index is 13.3. The van der Waals surface area contributed by atoms with Crippen molar-refractivity contribution in [1.82, 2.24) is 9.80 Å². The average molecular weight is 527 g/mol. The van der Waals surface area contributed by atoms with Crippen molar-refractivity contribution in [2.45, 2.75) is 123 Å². The molecule has 0 unspecified atom stereocenters. The summed E-state index contributed by atoms with van der Waals surface area (Å²) in [6, 6.07) is 0.135. The van der Waals surface area contributed by atoms with Gasteiger partial charge in [-0.25, -0.2) is 0 Å². The zero-order chi connectivity index (χ0) is 26.8. The van der Waals surface area contributed by atoms with E-state index in [0.29, 0.717) is 54.6 Å². The number of amides is 2. The number of hydrogen-bond donors (Lipinski definition) is 1. The highest BCUT2D eigenvalue weighted by Gasteiger charge is 2.60. The van der Waals surface area contributed by atoms with E-state index in [2.05, 4.69) is 32.6 Å². The Labute approximate surface area is 231 Å². The van der Waals surface area contributed by atoms with Gasteiger partial charge in [0, 0.05) is 38.0 Å². The molecule has 6 aliphatic rings. The number of hydrogen-bond acceptors (Lipinski definition) is 3. The lowest BCUT2D eigenvalue weighted by atomic mass is 9.44. The minimum atomic E-state index is -0.0602. The number of carbonyl (C=O) groups is 2. The Bertz CT molecular complexity index is 918. The van der Waals surface area contributed by atoms with E-state index in [1.54, 1.807) is 0 Å². The quantitative estimate of drug-likeness (QED) is 0.486. The first-order valence-electron chi connectivity index (χ1n) is 16.4. The first kappa shape index (κ1) is 27.1. The molecule has 0 aromatic carbocycles. The van der Waals surface area contributed by atoms with Crippen molar-refractivity contribution in [1.29, 1.82) is 0 Å². The van der Waals surface area contributed by atoms with E-state index in [1.807, 2.05) is 4.90 Å². The molecule has 2 amide bonds. The second-order valence-electron chi connectivity index (χ2n) is 15.3. The topological polar surface area (TPSA) is 60.9 Å². The van der Waals surface area contributed by atoms with Crippen LogP contribution in [-0.4, -0.2) is 58.5 Å². The van der Waals surface area contributed by atoms with Crippen LogP contribution in [0.15, 0.2) is 0 Å². The molecule has 1 aliphatic heterocycles. The fourth-order valence-electron chi connectivity index (χ4n) is 11.0. The summed E-state index contributed by atoms with van der Waals surface area (Å²) in [4.78, 5) is 29.9. The standard InChI is InChI=1S/C33H54N2O3/c1-21(5-12-30(37)35-18-17-34(20-22(35)2)31(38)23-6-7-23)27-10-11-28-26-9-8-24-19-25(36)13-15-32(24,3)29(26)14-16-33(27,28)4/h21-29,36H,5-20H2,1-4H3/t21-,22+,24+,25+,26+,27-,28+,29+,32+,33-/m1/s1. The van der Waals surface area contributed by atoms with Gasteiger partial charge in [-0.3, -0.25) is 9.59 Å². The van der Waals surface area contributed by atoms with Gasteiger partial charge in [0.15, 0.2) is 0 Å². The lowest BCUT2D eigenvalue weighted by molar-refractivity contribution is -0.143. The Morgan fingerprint density at radius 3 is 2.39 bits per heavy atom. The Balaban J connectivity index is 1.04. The van der Waals surface area contributed by atoms with Gasteiger partial charge in [0.25, 0.3) is 0 Å². The largest absolute Gasteiger partial charge is 0.393 e. The molecule has 0 aromatic rings. The predicted molar refractivity (Wildman–Crippen MR) is 150 cm³/mol. The van der Waals surface area contributed by atoms with E-state index in [1.165, 1.54) is 44.9 Å². The SMILES string of the molecule is C[C@H](CCC(=O)N1CCN(C(=O)C2CC2)C[C@@H]1C)[C@H]1CC[C@H]2[C@@H]3CC[C@H]4C[C@@H](O)CC[C@]4(C)[C@H]3CC[C@]12C. The zero-order valence-corrected chi connectivity index (χ0v) is 24.7. The highest BCUT2D eigenvalue weighted by Crippen LogP contribution is 2.68. The molecule has 6 fully saturated rings. The lowest BCUT2D eigenvalue weighted by Gasteiger charge is -2.61. The first-order valence-corrected chi connectivity index (χ1v) is 16.4. The summed E-state index contributed by atoms with van der Waals surface area (Å²) < 4.78 is 0. The van der Waals surface area contributed by atoms with Crippen LogP contribution in [0.1, 0.15) is 111 Å². The van der Waals surface area contributed by atoms with Crippen molar-refractivity contribution < 1.29 is 14.7 Å². The molecule has 1 N–H and O–H groups in total. The smallest absolute Gasteiger partial charge is 0.225 e. The Hall–Kier alpha value is -1.10. The number of nitrogens with zero attached hydrogens (tertiary/aromatic N) is 2. The third kappa shape index (κ3) is 4.55. The van der Waals surface area contributed by atoms with Crippen molar-refractivity contribution in [3.63, 3.8) is 0 Å². The fourth-order valence-corrected chi connectivity index (χ4v) is 11.0. The highest BCUT2D eigenvalue weighted by atomic mass is 16.3. The van der Waals surface area contributed by atoms with Gasteiger partial charge in [-0.1, -0.05) is 20.8 Å². The van der Waals surface area contributed by atoms with Crippen LogP contribution in [0.2, 0.25) is 0 Å². The second kappa shape index (κ2) is 10.1. The maximum atomic E-state index is 13.3. The molecular formula is C33H54N2O3. The molecule has 214 valence electrons. The Morgan fingerprint density at radius 2 is 1.66 bits per heavy atom. The molecule has 0 aromatic heterocycles. The molecule has 5 aliphatic carbocycles. The van der Waals surface area contributed by atoms with Crippen LogP contribution in [0, 0.1) is 52.3 Å². The van der Waals surface area contributed by atoms with Crippen LogP contribution in [0.5, 0.6) is 0 Å². The summed E-state index contributed by atoms with van der Waals surface area (Å²) in [6.45, 7) is 11.9. The summed E-state index contributed by atoms with van der Waals surface area (Å²) in [5.74, 6) is 5.54. The van der Waals surface area contributed by atoms with Gasteiger partial charge in [0.2, 0.25) is 11.8 Å². The number of fused-ring (bicyclic) bond motifs is 5. The minimum Gasteiger partial charge on any atom is -0.393 e. The molecule has 38 heavy (non-hydrogen) atoms. The fraction of sp³-hybridized carbons (Fsp3) is 0.939. The molecule has 6 rings (SSSR count). The van der Waals surface area contributed by atoms with Gasteiger partial charge in [0.05, 0.1) is 6.10 Å². The van der Waals surface area contributed by atoms with Gasteiger partial charge >= 0.3 is 0 Å². The summed E-state index contributed by atoms with van der Waals surface area (Å²) >= 11 is 0. The van der Waals surface area contributed by atoms with Gasteiger partial charge in [-0.05, 0) is 130 Å². The summed E-state index contributed by atoms with van der Waals surface area (Å²) in [5.41, 5.74) is 0.882. The Kier molecular flexibility index (Phi) is 7.18. The van der Waals surface area contributed by atoms with Gasteiger partial charge in [-0.15, -0.1) is 0 Å². The molecule has 0 bridgehead atoms. The van der Waals surface area contributed by atoms with E-state index in [4.69, 9.17) is 0 Å². The summed E-state index contributed by atoms with van der Waals surface area (Å²) in [6.07, 6.45) is 15.2. The van der Waals surface area contributed by atoms with Crippen molar-refractivity contribution in [3.05, 3.63) is 0 Å². The van der Waals surface area contributed by atoms with Gasteiger partial charge in [-0.2, -0.15) is 0 Å². The molecule has 10 atom stereocenters. The van der Waals surface area contributed by atoms with Crippen LogP contribution in [-0.2, 0) is 9.59 Å². The molecule has 1 saturated heterocycles. The first-order chi connectivity index (χ1) is 18.1. The van der Waals surface area contributed by atoms with Crippen LogP contribution in [0.25, 0.3) is 0 Å². The van der Waals surface area contributed by atoms with E-state index >= 15 is 0 Å². The van der Waals surface area contributed by atoms with Crippen molar-refractivity contribution >= 4 is 11.8 Å². The van der Waals surface area contributed by atoms with Crippen molar-refractivity contribution in [2.24, 2.45) is 52.3 Å². The highest BCUT2D eigenvalue weighted by molar-refractivity contribution is 5.82. The number of rotatable bonds is 5. The molecule has 5 heteroatoms. The minimum absolute atomic E-state index is 0.0602. The zero-order valence-electron chi connectivity index (χ0n) is 24.7. The van der Waals surface area contributed by atoms with E-state index in [9.17, 15) is 14.7 Å². The number of aliphatic hydroxyl groups is 1. The third-order valence-electron chi connectivity index (χ3n) is 13.4. The van der Waals surface area contributed by atoms with Crippen LogP contribution >= 0.6 is 0 Å². The molecule has 1 heterocycles. The van der Waals surface area contributed by atoms with Gasteiger partial charge < -0.3 is 14.9 Å². The molecule has 5 saturated carbocycles. The predicted octanol–water partition coefficient (Wildman–Crippen LogP) is 5.89. The van der Waals surface area contributed by atoms with Crippen LogP contribution in [0.4, 0.5) is 0 Å². The van der Waals surface area contributed by atoms with Crippen LogP contribution < -0.4 is 0 Å². The average Bonchev–Trinajstić information content (AvgIpc) is 3.68. The van der Waals surface area contributed by atoms with Crippen molar-refractivity contribution in [3.8, 4) is 0 Å². The van der Waals surface area contributed by atoms with Crippen LogP contribution in [0.3, 0.4) is 0 Å². The van der Waals surface area contributed by atoms with Gasteiger partial charge in [0.1, 0.15) is 0 Å². The molecule has 0 spiro atoms. The number of piperazine rings is 1. The molecule has 5 nitrogen and oxygen atoms in total. The number of carbonyl (C=O) groups excluding carboxylic acids is 2. The monoisotopic (exact) mass is 526 g/mol. The molecule has 0 radical (unpaired) electrons. The Morgan fingerprint density at radius 1 is 0.921 bits per heavy atom. The normalized spacial score (nSPS) is 45.7. The second-order valence-corrected chi connectivity index (χ2v) is 15.3. The third-order valence-corrected chi connectivity index (χ3v) is 13.4. The molecular weight excluding hydrogens is 472 g/mol. The summed E-state index contributed by atoms with van der Waals surface area (Å²) in [7, 11) is 0. The number of aliphatic hydroxyl groups excluding tert-OH is 1. The van der Waals surface area contributed by atoms with Crippen molar-refractivity contribution in [2.75, 3.05) is 19.6 Å². The maximum Gasteiger partial charge on any atom is 0.225 e. The lowest BCUT2D eigenvalue weighted by Crippen LogP contribution is -2.55. The van der Waals surface area contributed by atoms with E-state index in [0.717, 1.165) is 61.7 Å². The summed E-state index contributed by atoms with van der Waals surface area (Å²) in [5, 5.41) is 10.3. The van der Waals surface area contributed by atoms with E-state index < -0.39 is 0 Å². The van der Waals surface area contributed by atoms with E-state index in [-0.39, 0.29) is 18.1 Å².